The molecule has 32 heavy (non-hydrogen) atoms. The highest BCUT2D eigenvalue weighted by molar-refractivity contribution is 4.91. The molecule has 0 aliphatic carbocycles. The maximum atomic E-state index is 6.23. The predicted octanol–water partition coefficient (Wildman–Crippen LogP) is 10.5. The summed E-state index contributed by atoms with van der Waals surface area (Å²) in [5.74, 6) is 0.687. The van der Waals surface area contributed by atoms with E-state index in [1.807, 2.05) is 0 Å². The topological polar surface area (TPSA) is 26.0 Å². The van der Waals surface area contributed by atoms with Gasteiger partial charge in [0.15, 0.2) is 0 Å². The molecule has 1 unspecified atom stereocenters. The molecule has 0 aliphatic heterocycles. The van der Waals surface area contributed by atoms with Gasteiger partial charge in [-0.1, -0.05) is 128 Å². The molecular weight excluding hydrogens is 386 g/mol. The standard InChI is InChI=1S/C31H59N/c1-4-5-6-7-8-9-10-11-12-13-14-15-16-17-18-22-25-28-31(32)29-26-23-20-19-21-24-27-30(2)3/h11-12,24-25,27-28,30-31H,4-10,13-23,26,29,32H2,1-3H3/b12-11+,27-24+,28-25+. The fourth-order valence-corrected chi connectivity index (χ4v) is 4.06. The SMILES string of the molecule is CCCCCCCC/C=C/CCCCCCC/C=C/C(N)CCCCCC/C=C/C(C)C. The summed E-state index contributed by atoms with van der Waals surface area (Å²) in [5.41, 5.74) is 6.23. The first-order valence-corrected chi connectivity index (χ1v) is 14.4. The fourth-order valence-electron chi connectivity index (χ4n) is 4.06. The second-order valence-electron chi connectivity index (χ2n) is 10.1. The first kappa shape index (κ1) is 31.2. The normalized spacial score (nSPS) is 13.4. The molecule has 0 radical (unpaired) electrons. The van der Waals surface area contributed by atoms with Crippen LogP contribution in [0.2, 0.25) is 0 Å². The molecule has 0 amide bonds. The zero-order valence-electron chi connectivity index (χ0n) is 22.3. The Balaban J connectivity index is 3.31. The van der Waals surface area contributed by atoms with Gasteiger partial charge in [-0.15, -0.1) is 0 Å². The first-order valence-electron chi connectivity index (χ1n) is 14.4. The lowest BCUT2D eigenvalue weighted by atomic mass is 10.0. The van der Waals surface area contributed by atoms with E-state index >= 15 is 0 Å². The molecule has 0 aromatic heterocycles. The van der Waals surface area contributed by atoms with Gasteiger partial charge >= 0.3 is 0 Å². The van der Waals surface area contributed by atoms with Gasteiger partial charge in [0, 0.05) is 6.04 Å². The Morgan fingerprint density at radius 1 is 0.500 bits per heavy atom. The summed E-state index contributed by atoms with van der Waals surface area (Å²) in [7, 11) is 0. The van der Waals surface area contributed by atoms with Gasteiger partial charge in [0.05, 0.1) is 0 Å². The van der Waals surface area contributed by atoms with E-state index in [9.17, 15) is 0 Å². The van der Waals surface area contributed by atoms with E-state index in [1.165, 1.54) is 122 Å². The highest BCUT2D eigenvalue weighted by Crippen LogP contribution is 2.11. The van der Waals surface area contributed by atoms with Gasteiger partial charge in [0.1, 0.15) is 0 Å². The monoisotopic (exact) mass is 445 g/mol. The van der Waals surface area contributed by atoms with Gasteiger partial charge < -0.3 is 5.73 Å². The van der Waals surface area contributed by atoms with Crippen LogP contribution in [0.15, 0.2) is 36.5 Å². The quantitative estimate of drug-likeness (QED) is 0.116. The Hall–Kier alpha value is -0.820. The summed E-state index contributed by atoms with van der Waals surface area (Å²) < 4.78 is 0. The minimum Gasteiger partial charge on any atom is -0.324 e. The smallest absolute Gasteiger partial charge is 0.0223 e. The highest BCUT2D eigenvalue weighted by atomic mass is 14.6. The summed E-state index contributed by atoms with van der Waals surface area (Å²) in [6.45, 7) is 6.76. The third-order valence-corrected chi connectivity index (χ3v) is 6.20. The molecule has 0 bridgehead atoms. The molecule has 1 nitrogen and oxygen atoms in total. The third-order valence-electron chi connectivity index (χ3n) is 6.20. The molecule has 0 fully saturated rings. The lowest BCUT2D eigenvalue weighted by Gasteiger charge is -2.06. The van der Waals surface area contributed by atoms with Gasteiger partial charge in [0.25, 0.3) is 0 Å². The van der Waals surface area contributed by atoms with Crippen molar-refractivity contribution >= 4 is 0 Å². The predicted molar refractivity (Wildman–Crippen MR) is 148 cm³/mol. The number of hydrogen-bond donors (Lipinski definition) is 1. The van der Waals surface area contributed by atoms with Gasteiger partial charge in [-0.25, -0.2) is 0 Å². The minimum absolute atomic E-state index is 0.263. The van der Waals surface area contributed by atoms with E-state index in [4.69, 9.17) is 5.73 Å². The Kier molecular flexibility index (Phi) is 25.8. The molecular formula is C31H59N. The van der Waals surface area contributed by atoms with Crippen molar-refractivity contribution in [2.24, 2.45) is 11.7 Å². The second-order valence-corrected chi connectivity index (χ2v) is 10.1. The molecule has 0 saturated carbocycles. The van der Waals surface area contributed by atoms with Gasteiger partial charge in [-0.2, -0.15) is 0 Å². The number of hydrogen-bond acceptors (Lipinski definition) is 1. The highest BCUT2D eigenvalue weighted by Gasteiger charge is 1.97. The molecule has 0 saturated heterocycles. The van der Waals surface area contributed by atoms with Crippen molar-refractivity contribution in [3.63, 3.8) is 0 Å². The summed E-state index contributed by atoms with van der Waals surface area (Å²) in [4.78, 5) is 0. The zero-order valence-corrected chi connectivity index (χ0v) is 22.3. The second kappa shape index (κ2) is 26.4. The fraction of sp³-hybridized carbons (Fsp3) is 0.806. The molecule has 0 aliphatic rings. The van der Waals surface area contributed by atoms with Crippen LogP contribution in [0.5, 0.6) is 0 Å². The molecule has 0 aromatic carbocycles. The number of allylic oxidation sites excluding steroid dienone is 5. The summed E-state index contributed by atoms with van der Waals surface area (Å²) in [6.07, 6.45) is 40.7. The van der Waals surface area contributed by atoms with E-state index in [1.54, 1.807) is 0 Å². The zero-order chi connectivity index (χ0) is 23.5. The first-order chi connectivity index (χ1) is 15.7. The summed E-state index contributed by atoms with van der Waals surface area (Å²) in [5, 5.41) is 0. The number of rotatable bonds is 24. The maximum Gasteiger partial charge on any atom is 0.0223 e. The number of nitrogens with two attached hydrogens (primary N) is 1. The third kappa shape index (κ3) is 27.2. The molecule has 2 N–H and O–H groups in total. The van der Waals surface area contributed by atoms with Crippen LogP contribution in [0, 0.1) is 5.92 Å². The molecule has 188 valence electrons. The van der Waals surface area contributed by atoms with Crippen molar-refractivity contribution in [3.05, 3.63) is 36.5 Å². The Morgan fingerprint density at radius 2 is 0.906 bits per heavy atom. The Bertz CT molecular complexity index is 432. The largest absolute Gasteiger partial charge is 0.324 e. The summed E-state index contributed by atoms with van der Waals surface area (Å²) >= 11 is 0. The van der Waals surface area contributed by atoms with Crippen molar-refractivity contribution in [1.82, 2.24) is 0 Å². The lowest BCUT2D eigenvalue weighted by Crippen LogP contribution is -2.16. The van der Waals surface area contributed by atoms with E-state index in [0.717, 1.165) is 6.42 Å². The van der Waals surface area contributed by atoms with Crippen LogP contribution in [0.4, 0.5) is 0 Å². The Labute approximate surface area is 203 Å². The van der Waals surface area contributed by atoms with Crippen molar-refractivity contribution in [3.8, 4) is 0 Å². The van der Waals surface area contributed by atoms with E-state index < -0.39 is 0 Å². The minimum atomic E-state index is 0.263. The van der Waals surface area contributed by atoms with Crippen molar-refractivity contribution in [2.45, 2.75) is 155 Å². The molecule has 1 heteroatoms. The van der Waals surface area contributed by atoms with Crippen LogP contribution >= 0.6 is 0 Å². The summed E-state index contributed by atoms with van der Waals surface area (Å²) in [6, 6.07) is 0.263. The molecule has 0 spiro atoms. The van der Waals surface area contributed by atoms with Crippen LogP contribution < -0.4 is 5.73 Å². The average Bonchev–Trinajstić information content (AvgIpc) is 2.77. The van der Waals surface area contributed by atoms with E-state index in [-0.39, 0.29) is 6.04 Å². The van der Waals surface area contributed by atoms with Gasteiger partial charge in [-0.05, 0) is 63.7 Å². The Morgan fingerprint density at radius 3 is 1.41 bits per heavy atom. The maximum absolute atomic E-state index is 6.23. The van der Waals surface area contributed by atoms with Gasteiger partial charge in [-0.3, -0.25) is 0 Å². The number of unbranched alkanes of at least 4 members (excludes halogenated alkanes) is 16. The molecule has 0 heterocycles. The van der Waals surface area contributed by atoms with E-state index in [2.05, 4.69) is 57.2 Å². The van der Waals surface area contributed by atoms with Crippen LogP contribution in [-0.2, 0) is 0 Å². The van der Waals surface area contributed by atoms with Crippen molar-refractivity contribution in [1.29, 1.82) is 0 Å². The molecule has 0 rings (SSSR count). The van der Waals surface area contributed by atoms with Crippen molar-refractivity contribution in [2.75, 3.05) is 0 Å². The lowest BCUT2D eigenvalue weighted by molar-refractivity contribution is 0.587. The average molecular weight is 446 g/mol. The molecule has 0 aromatic rings. The van der Waals surface area contributed by atoms with Crippen molar-refractivity contribution < 1.29 is 0 Å². The van der Waals surface area contributed by atoms with Crippen LogP contribution in [0.25, 0.3) is 0 Å². The van der Waals surface area contributed by atoms with Crippen LogP contribution in [0.1, 0.15) is 149 Å². The van der Waals surface area contributed by atoms with E-state index in [0.29, 0.717) is 5.92 Å². The van der Waals surface area contributed by atoms with Gasteiger partial charge in [0.2, 0.25) is 0 Å². The van der Waals surface area contributed by atoms with Crippen LogP contribution in [-0.4, -0.2) is 6.04 Å². The molecule has 1 atom stereocenters. The van der Waals surface area contributed by atoms with Crippen LogP contribution in [0.3, 0.4) is 0 Å².